The lowest BCUT2D eigenvalue weighted by Crippen LogP contribution is -2.45. The van der Waals surface area contributed by atoms with E-state index in [2.05, 4.69) is 38.2 Å². The summed E-state index contributed by atoms with van der Waals surface area (Å²) < 4.78 is 0. The van der Waals surface area contributed by atoms with Crippen molar-refractivity contribution in [3.8, 4) is 0 Å². The monoisotopic (exact) mass is 261 g/mol. The fourth-order valence-electron chi connectivity index (χ4n) is 2.48. The molecular weight excluding hydrogens is 238 g/mol. The predicted molar refractivity (Wildman–Crippen MR) is 76.4 cm³/mol. The number of hydrogen-bond acceptors (Lipinski definition) is 5. The van der Waals surface area contributed by atoms with Crippen molar-refractivity contribution >= 4 is 5.82 Å². The second kappa shape index (κ2) is 5.84. The molecule has 1 aromatic rings. The van der Waals surface area contributed by atoms with E-state index in [1.165, 1.54) is 44.7 Å². The molecule has 2 fully saturated rings. The summed E-state index contributed by atoms with van der Waals surface area (Å²) in [7, 11) is 2.19. The Morgan fingerprint density at radius 3 is 2.74 bits per heavy atom. The van der Waals surface area contributed by atoms with Crippen LogP contribution in [0.2, 0.25) is 0 Å². The highest BCUT2D eigenvalue weighted by molar-refractivity contribution is 5.36. The molecule has 3 rings (SSSR count). The van der Waals surface area contributed by atoms with Crippen LogP contribution >= 0.6 is 0 Å². The highest BCUT2D eigenvalue weighted by atomic mass is 15.2. The molecule has 0 bridgehead atoms. The Balaban J connectivity index is 1.43. The van der Waals surface area contributed by atoms with Gasteiger partial charge in [-0.25, -0.2) is 9.97 Å². The van der Waals surface area contributed by atoms with E-state index in [-0.39, 0.29) is 0 Å². The standard InChI is InChI=1S/C14H23N5/c1-18-6-8-19(9-7-18)5-4-15-14-10-13(12-2-3-12)16-11-17-14/h10-12H,2-9H2,1H3,(H,15,16,17). The Hall–Kier alpha value is -1.20. The van der Waals surface area contributed by atoms with Gasteiger partial charge in [-0.15, -0.1) is 0 Å². The molecule has 2 heterocycles. The largest absolute Gasteiger partial charge is 0.369 e. The third-order valence-electron chi connectivity index (χ3n) is 4.01. The summed E-state index contributed by atoms with van der Waals surface area (Å²) >= 11 is 0. The average Bonchev–Trinajstić information content (AvgIpc) is 3.26. The number of piperazine rings is 1. The number of nitrogens with zero attached hydrogens (tertiary/aromatic N) is 4. The zero-order valence-corrected chi connectivity index (χ0v) is 11.7. The summed E-state index contributed by atoms with van der Waals surface area (Å²) in [5.41, 5.74) is 1.21. The van der Waals surface area contributed by atoms with Gasteiger partial charge in [0, 0.05) is 56.9 Å². The van der Waals surface area contributed by atoms with Crippen LogP contribution in [0, 0.1) is 0 Å². The molecule has 1 aliphatic heterocycles. The molecule has 0 radical (unpaired) electrons. The molecule has 1 N–H and O–H groups in total. The van der Waals surface area contributed by atoms with Crippen LogP contribution < -0.4 is 5.32 Å². The zero-order chi connectivity index (χ0) is 13.1. The minimum Gasteiger partial charge on any atom is -0.369 e. The van der Waals surface area contributed by atoms with E-state index in [1.807, 2.05) is 0 Å². The summed E-state index contributed by atoms with van der Waals surface area (Å²) in [6.07, 6.45) is 4.27. The van der Waals surface area contributed by atoms with Crippen LogP contribution in [0.25, 0.3) is 0 Å². The van der Waals surface area contributed by atoms with Crippen LogP contribution in [0.15, 0.2) is 12.4 Å². The molecule has 1 saturated carbocycles. The Morgan fingerprint density at radius 2 is 2.00 bits per heavy atom. The highest BCUT2D eigenvalue weighted by Gasteiger charge is 2.25. The third-order valence-corrected chi connectivity index (χ3v) is 4.01. The average molecular weight is 261 g/mol. The molecule has 2 aliphatic rings. The SMILES string of the molecule is CN1CCN(CCNc2cc(C3CC3)ncn2)CC1. The van der Waals surface area contributed by atoms with Crippen molar-refractivity contribution in [2.75, 3.05) is 51.6 Å². The van der Waals surface area contributed by atoms with E-state index in [0.717, 1.165) is 18.9 Å². The molecule has 104 valence electrons. The Morgan fingerprint density at radius 1 is 1.21 bits per heavy atom. The lowest BCUT2D eigenvalue weighted by atomic mass is 10.3. The van der Waals surface area contributed by atoms with Gasteiger partial charge in [-0.1, -0.05) is 0 Å². The number of aromatic nitrogens is 2. The second-order valence-electron chi connectivity index (χ2n) is 5.67. The fourth-order valence-corrected chi connectivity index (χ4v) is 2.48. The quantitative estimate of drug-likeness (QED) is 0.857. The van der Waals surface area contributed by atoms with Gasteiger partial charge < -0.3 is 10.2 Å². The van der Waals surface area contributed by atoms with Crippen molar-refractivity contribution < 1.29 is 0 Å². The number of likely N-dealkylation sites (N-methyl/N-ethyl adjacent to an activating group) is 1. The van der Waals surface area contributed by atoms with Crippen molar-refractivity contribution in [1.82, 2.24) is 19.8 Å². The van der Waals surface area contributed by atoms with Crippen LogP contribution in [0.1, 0.15) is 24.5 Å². The lowest BCUT2D eigenvalue weighted by molar-refractivity contribution is 0.158. The molecule has 0 unspecified atom stereocenters. The summed E-state index contributed by atoms with van der Waals surface area (Å²) in [4.78, 5) is 13.5. The van der Waals surface area contributed by atoms with Crippen molar-refractivity contribution in [2.45, 2.75) is 18.8 Å². The zero-order valence-electron chi connectivity index (χ0n) is 11.7. The molecule has 1 aromatic heterocycles. The normalized spacial score (nSPS) is 21.5. The Bertz CT molecular complexity index is 410. The first-order valence-corrected chi connectivity index (χ1v) is 7.28. The first kappa shape index (κ1) is 12.8. The molecule has 19 heavy (non-hydrogen) atoms. The van der Waals surface area contributed by atoms with Crippen LogP contribution in [0.4, 0.5) is 5.82 Å². The first-order valence-electron chi connectivity index (χ1n) is 7.28. The maximum absolute atomic E-state index is 4.34. The van der Waals surface area contributed by atoms with E-state index in [9.17, 15) is 0 Å². The van der Waals surface area contributed by atoms with Gasteiger partial charge in [0.05, 0.1) is 0 Å². The molecule has 0 aromatic carbocycles. The van der Waals surface area contributed by atoms with E-state index < -0.39 is 0 Å². The highest BCUT2D eigenvalue weighted by Crippen LogP contribution is 2.39. The molecule has 5 heteroatoms. The number of hydrogen-bond donors (Lipinski definition) is 1. The smallest absolute Gasteiger partial charge is 0.129 e. The van der Waals surface area contributed by atoms with Crippen molar-refractivity contribution in [3.05, 3.63) is 18.1 Å². The summed E-state index contributed by atoms with van der Waals surface area (Å²) in [5.74, 6) is 1.67. The summed E-state index contributed by atoms with van der Waals surface area (Å²) in [5, 5.41) is 3.42. The molecule has 5 nitrogen and oxygen atoms in total. The molecular formula is C14H23N5. The van der Waals surface area contributed by atoms with Crippen LogP contribution in [0.3, 0.4) is 0 Å². The van der Waals surface area contributed by atoms with Gasteiger partial charge in [-0.3, -0.25) is 4.90 Å². The molecule has 0 amide bonds. The van der Waals surface area contributed by atoms with Gasteiger partial charge in [0.15, 0.2) is 0 Å². The van der Waals surface area contributed by atoms with Gasteiger partial charge >= 0.3 is 0 Å². The maximum atomic E-state index is 4.34. The summed E-state index contributed by atoms with van der Waals surface area (Å²) in [6.45, 7) is 6.77. The van der Waals surface area contributed by atoms with Gasteiger partial charge in [-0.05, 0) is 19.9 Å². The summed E-state index contributed by atoms with van der Waals surface area (Å²) in [6, 6.07) is 2.11. The minimum atomic E-state index is 0.696. The number of nitrogens with one attached hydrogen (secondary N) is 1. The predicted octanol–water partition coefficient (Wildman–Crippen LogP) is 1.01. The van der Waals surface area contributed by atoms with Crippen molar-refractivity contribution in [3.63, 3.8) is 0 Å². The van der Waals surface area contributed by atoms with E-state index in [4.69, 9.17) is 0 Å². The number of anilines is 1. The molecule has 0 spiro atoms. The number of rotatable bonds is 5. The topological polar surface area (TPSA) is 44.3 Å². The first-order chi connectivity index (χ1) is 9.31. The van der Waals surface area contributed by atoms with E-state index in [1.54, 1.807) is 6.33 Å². The van der Waals surface area contributed by atoms with Crippen LogP contribution in [-0.2, 0) is 0 Å². The lowest BCUT2D eigenvalue weighted by Gasteiger charge is -2.32. The fraction of sp³-hybridized carbons (Fsp3) is 0.714. The van der Waals surface area contributed by atoms with E-state index >= 15 is 0 Å². The third kappa shape index (κ3) is 3.64. The van der Waals surface area contributed by atoms with Gasteiger partial charge in [0.2, 0.25) is 0 Å². The van der Waals surface area contributed by atoms with Gasteiger partial charge in [-0.2, -0.15) is 0 Å². The van der Waals surface area contributed by atoms with Crippen molar-refractivity contribution in [2.24, 2.45) is 0 Å². The van der Waals surface area contributed by atoms with Gasteiger partial charge in [0.1, 0.15) is 12.1 Å². The molecule has 1 saturated heterocycles. The Labute approximate surface area is 115 Å². The van der Waals surface area contributed by atoms with Gasteiger partial charge in [0.25, 0.3) is 0 Å². The second-order valence-corrected chi connectivity index (χ2v) is 5.67. The molecule has 1 aliphatic carbocycles. The van der Waals surface area contributed by atoms with Crippen LogP contribution in [-0.4, -0.2) is 66.1 Å². The Kier molecular flexibility index (Phi) is 3.94. The minimum absolute atomic E-state index is 0.696. The molecule has 0 atom stereocenters. The van der Waals surface area contributed by atoms with Crippen LogP contribution in [0.5, 0.6) is 0 Å². The van der Waals surface area contributed by atoms with E-state index in [0.29, 0.717) is 5.92 Å². The maximum Gasteiger partial charge on any atom is 0.129 e. The van der Waals surface area contributed by atoms with Crippen molar-refractivity contribution in [1.29, 1.82) is 0 Å².